The van der Waals surface area contributed by atoms with Crippen LogP contribution in [-0.4, -0.2) is 50.2 Å². The molecule has 1 aliphatic rings. The molecule has 0 saturated heterocycles. The molecule has 0 aliphatic heterocycles. The van der Waals surface area contributed by atoms with Crippen molar-refractivity contribution in [3.63, 3.8) is 0 Å². The predicted molar refractivity (Wildman–Crippen MR) is 159 cm³/mol. The molecule has 0 heterocycles. The number of methoxy groups -OCH3 is 1. The van der Waals surface area contributed by atoms with Crippen molar-refractivity contribution in [2.45, 2.75) is 88.2 Å². The zero-order valence-electron chi connectivity index (χ0n) is 24.2. The summed E-state index contributed by atoms with van der Waals surface area (Å²) in [6.45, 7) is 4.84. The number of amides is 1. The van der Waals surface area contributed by atoms with Crippen LogP contribution in [0.4, 0.5) is 10.1 Å². The van der Waals surface area contributed by atoms with E-state index in [0.29, 0.717) is 17.7 Å². The van der Waals surface area contributed by atoms with Crippen LogP contribution in [0, 0.1) is 17.1 Å². The lowest BCUT2D eigenvalue weighted by Crippen LogP contribution is -2.45. The van der Waals surface area contributed by atoms with Crippen LogP contribution < -0.4 is 10.0 Å². The van der Waals surface area contributed by atoms with Crippen LogP contribution in [0.1, 0.15) is 76.3 Å². The third-order valence-electron chi connectivity index (χ3n) is 7.06. The Labute approximate surface area is 238 Å². The maximum atomic E-state index is 15.3. The van der Waals surface area contributed by atoms with Crippen molar-refractivity contribution in [2.75, 3.05) is 33.1 Å². The van der Waals surface area contributed by atoms with Gasteiger partial charge in [0.15, 0.2) is 0 Å². The van der Waals surface area contributed by atoms with Crippen LogP contribution in [0.15, 0.2) is 47.4 Å². The molecular formula is C31H45FN4O2S. The third kappa shape index (κ3) is 10.1. The lowest BCUT2D eigenvalue weighted by Gasteiger charge is -2.29. The smallest absolute Gasteiger partial charge is 0.262 e. The first-order valence-corrected chi connectivity index (χ1v) is 14.9. The molecule has 1 atom stereocenters. The summed E-state index contributed by atoms with van der Waals surface area (Å²) in [6, 6.07) is 15.3. The summed E-state index contributed by atoms with van der Waals surface area (Å²) < 4.78 is 23.8. The van der Waals surface area contributed by atoms with Gasteiger partial charge >= 0.3 is 0 Å². The number of anilines is 1. The molecule has 3 rings (SSSR count). The Morgan fingerprint density at radius 3 is 2.38 bits per heavy atom. The average molecular weight is 557 g/mol. The van der Waals surface area contributed by atoms with Crippen LogP contribution in [0.2, 0.25) is 0 Å². The Kier molecular flexibility index (Phi) is 14.4. The molecule has 0 aromatic heterocycles. The highest BCUT2D eigenvalue weighted by molar-refractivity contribution is 7.98. The molecule has 6 nitrogen and oxygen atoms in total. The molecule has 1 unspecified atom stereocenters. The van der Waals surface area contributed by atoms with Crippen molar-refractivity contribution in [2.24, 2.45) is 0 Å². The Balaban J connectivity index is 0.00000260. The summed E-state index contributed by atoms with van der Waals surface area (Å²) in [5.74, 6) is -0.700. The number of hydrogen-bond acceptors (Lipinski definition) is 6. The van der Waals surface area contributed by atoms with E-state index in [4.69, 9.17) is 4.74 Å². The molecule has 1 fully saturated rings. The first-order chi connectivity index (χ1) is 18.9. The number of hydrogen-bond donors (Lipinski definition) is 2. The van der Waals surface area contributed by atoms with Gasteiger partial charge in [0.25, 0.3) is 5.91 Å². The quantitative estimate of drug-likeness (QED) is 0.218. The van der Waals surface area contributed by atoms with Crippen LogP contribution >= 0.6 is 11.9 Å². The SMILES string of the molecule is CC.COC1(C(=O)NSc2cc(F)c(NC(CCc3ccccc3)CCN(C)C)c(C#N)c2)CCCCCC1. The molecule has 2 aromatic rings. The first kappa shape index (κ1) is 32.6. The van der Waals surface area contributed by atoms with Crippen molar-refractivity contribution in [3.05, 3.63) is 59.4 Å². The molecule has 0 bridgehead atoms. The number of ether oxygens (including phenoxy) is 1. The molecule has 0 spiro atoms. The zero-order valence-corrected chi connectivity index (χ0v) is 25.0. The van der Waals surface area contributed by atoms with Crippen molar-refractivity contribution < 1.29 is 13.9 Å². The molecule has 2 aromatic carbocycles. The molecule has 2 N–H and O–H groups in total. The van der Waals surface area contributed by atoms with Gasteiger partial charge in [-0.1, -0.05) is 69.9 Å². The maximum absolute atomic E-state index is 15.3. The van der Waals surface area contributed by atoms with Crippen molar-refractivity contribution in [3.8, 4) is 6.07 Å². The largest absolute Gasteiger partial charge is 0.379 e. The third-order valence-corrected chi connectivity index (χ3v) is 7.82. The van der Waals surface area contributed by atoms with Gasteiger partial charge in [0.1, 0.15) is 17.5 Å². The van der Waals surface area contributed by atoms with Gasteiger partial charge in [0, 0.05) is 18.0 Å². The lowest BCUT2D eigenvalue weighted by molar-refractivity contribution is -0.143. The fraction of sp³-hybridized carbons (Fsp3) is 0.548. The number of nitrogens with zero attached hydrogens (tertiary/aromatic N) is 2. The molecule has 214 valence electrons. The summed E-state index contributed by atoms with van der Waals surface area (Å²) in [7, 11) is 5.60. The zero-order chi connectivity index (χ0) is 28.7. The van der Waals surface area contributed by atoms with Crippen LogP contribution in [0.25, 0.3) is 0 Å². The Morgan fingerprint density at radius 2 is 1.79 bits per heavy atom. The summed E-state index contributed by atoms with van der Waals surface area (Å²) in [5, 5.41) is 13.1. The number of rotatable bonds is 12. The Bertz CT molecular complexity index is 1050. The molecule has 1 saturated carbocycles. The highest BCUT2D eigenvalue weighted by atomic mass is 32.2. The summed E-state index contributed by atoms with van der Waals surface area (Å²) in [5.41, 5.74) is 0.819. The van der Waals surface area contributed by atoms with E-state index in [1.807, 2.05) is 46.1 Å². The van der Waals surface area contributed by atoms with Gasteiger partial charge in [-0.25, -0.2) is 4.39 Å². The Hall–Kier alpha value is -2.60. The number of carbonyl (C=O) groups excluding carboxylic acids is 1. The molecule has 39 heavy (non-hydrogen) atoms. The number of halogens is 1. The van der Waals surface area contributed by atoms with E-state index in [-0.39, 0.29) is 23.2 Å². The Morgan fingerprint density at radius 1 is 1.13 bits per heavy atom. The van der Waals surface area contributed by atoms with Gasteiger partial charge in [-0.3, -0.25) is 9.52 Å². The second-order valence-corrected chi connectivity index (χ2v) is 10.9. The van der Waals surface area contributed by atoms with Crippen molar-refractivity contribution >= 4 is 23.5 Å². The van der Waals surface area contributed by atoms with Gasteiger partial charge in [-0.05, 0) is 82.4 Å². The van der Waals surface area contributed by atoms with E-state index in [9.17, 15) is 10.1 Å². The molecule has 1 aliphatic carbocycles. The second-order valence-electron chi connectivity index (χ2n) is 10.0. The van der Waals surface area contributed by atoms with E-state index < -0.39 is 11.4 Å². The maximum Gasteiger partial charge on any atom is 0.262 e. The predicted octanol–water partition coefficient (Wildman–Crippen LogP) is 6.95. The van der Waals surface area contributed by atoms with Crippen LogP contribution in [0.3, 0.4) is 0 Å². The van der Waals surface area contributed by atoms with Gasteiger partial charge in [-0.15, -0.1) is 0 Å². The summed E-state index contributed by atoms with van der Waals surface area (Å²) in [6.07, 6.45) is 7.91. The number of aryl methyl sites for hydroxylation is 1. The van der Waals surface area contributed by atoms with Crippen LogP contribution in [0.5, 0.6) is 0 Å². The number of benzene rings is 2. The first-order valence-electron chi connectivity index (χ1n) is 14.1. The molecule has 0 radical (unpaired) electrons. The summed E-state index contributed by atoms with van der Waals surface area (Å²) in [4.78, 5) is 15.6. The van der Waals surface area contributed by atoms with E-state index >= 15 is 4.39 Å². The molecule has 1 amide bonds. The second kappa shape index (κ2) is 17.2. The normalized spacial score (nSPS) is 15.3. The minimum absolute atomic E-state index is 0.000732. The number of nitrogens with one attached hydrogen (secondary N) is 2. The van der Waals surface area contributed by atoms with Gasteiger partial charge < -0.3 is 15.0 Å². The van der Waals surface area contributed by atoms with E-state index in [1.54, 1.807) is 13.2 Å². The minimum Gasteiger partial charge on any atom is -0.379 e. The van der Waals surface area contributed by atoms with Gasteiger partial charge in [-0.2, -0.15) is 5.26 Å². The number of nitriles is 1. The fourth-order valence-corrected chi connectivity index (χ4v) is 5.53. The van der Waals surface area contributed by atoms with E-state index in [2.05, 4.69) is 33.1 Å². The summed E-state index contributed by atoms with van der Waals surface area (Å²) >= 11 is 1.03. The number of carbonyl (C=O) groups is 1. The lowest BCUT2D eigenvalue weighted by atomic mass is 9.93. The average Bonchev–Trinajstić information content (AvgIpc) is 3.22. The highest BCUT2D eigenvalue weighted by Gasteiger charge is 2.38. The van der Waals surface area contributed by atoms with Crippen LogP contribution in [-0.2, 0) is 16.0 Å². The van der Waals surface area contributed by atoms with E-state index in [0.717, 1.165) is 63.4 Å². The minimum atomic E-state index is -0.847. The highest BCUT2D eigenvalue weighted by Crippen LogP contribution is 2.32. The molecular weight excluding hydrogens is 511 g/mol. The standard InChI is InChI=1S/C29H39FN4O2S.C2H6/c1-34(2)18-15-24(14-13-22-11-7-6-8-12-22)32-27-23(21-31)19-25(20-26(27)30)37-33-28(35)29(36-3)16-9-4-5-10-17-29;1-2/h6-8,11-12,19-20,24,32H,4-5,9-10,13-18H2,1-3H3,(H,33,35);1-2H3. The van der Waals surface area contributed by atoms with Crippen molar-refractivity contribution in [1.82, 2.24) is 9.62 Å². The topological polar surface area (TPSA) is 77.4 Å². The molecule has 8 heteroatoms. The monoisotopic (exact) mass is 556 g/mol. The van der Waals surface area contributed by atoms with Gasteiger partial charge in [0.2, 0.25) is 0 Å². The van der Waals surface area contributed by atoms with E-state index in [1.165, 1.54) is 11.6 Å². The fourth-order valence-electron chi connectivity index (χ4n) is 4.79. The van der Waals surface area contributed by atoms with Crippen molar-refractivity contribution in [1.29, 1.82) is 5.26 Å². The van der Waals surface area contributed by atoms with Gasteiger partial charge in [0.05, 0.1) is 11.3 Å².